The molecule has 0 fully saturated rings. The van der Waals surface area contributed by atoms with Crippen LogP contribution in [0.4, 0.5) is 0 Å². The molecule has 0 spiro atoms. The third-order valence-electron chi connectivity index (χ3n) is 1.53. The second kappa shape index (κ2) is 7.08. The van der Waals surface area contributed by atoms with E-state index in [4.69, 9.17) is 10.5 Å². The van der Waals surface area contributed by atoms with E-state index in [1.54, 1.807) is 0 Å². The fourth-order valence-electron chi connectivity index (χ4n) is 0.767. The number of carbonyl (C=O) groups is 2. The van der Waals surface area contributed by atoms with E-state index in [9.17, 15) is 9.59 Å². The standard InChI is InChI=1S/C9H15NO4/c1-3-6-14-8(11)5-4-7(10)9(12)13-2/h3,7H,1,4-6,10H2,2H3. The summed E-state index contributed by atoms with van der Waals surface area (Å²) in [5, 5.41) is 0. The van der Waals surface area contributed by atoms with Gasteiger partial charge in [0.05, 0.1) is 7.11 Å². The highest BCUT2D eigenvalue weighted by molar-refractivity contribution is 5.76. The lowest BCUT2D eigenvalue weighted by Gasteiger charge is -2.07. The molecule has 0 saturated carbocycles. The molecule has 2 N–H and O–H groups in total. The van der Waals surface area contributed by atoms with E-state index in [0.717, 1.165) is 0 Å². The van der Waals surface area contributed by atoms with Crippen molar-refractivity contribution in [3.05, 3.63) is 12.7 Å². The number of rotatable bonds is 6. The fraction of sp³-hybridized carbons (Fsp3) is 0.556. The fourth-order valence-corrected chi connectivity index (χ4v) is 0.767. The summed E-state index contributed by atoms with van der Waals surface area (Å²) in [7, 11) is 1.25. The molecule has 80 valence electrons. The molecule has 0 saturated heterocycles. The molecule has 0 aromatic heterocycles. The largest absolute Gasteiger partial charge is 0.468 e. The van der Waals surface area contributed by atoms with Gasteiger partial charge in [-0.25, -0.2) is 0 Å². The first kappa shape index (κ1) is 12.6. The maximum absolute atomic E-state index is 10.9. The molecule has 0 aliphatic heterocycles. The number of nitrogens with two attached hydrogens (primary N) is 1. The van der Waals surface area contributed by atoms with Crippen molar-refractivity contribution in [2.75, 3.05) is 13.7 Å². The summed E-state index contributed by atoms with van der Waals surface area (Å²) in [4.78, 5) is 21.8. The number of methoxy groups -OCH3 is 1. The summed E-state index contributed by atoms with van der Waals surface area (Å²) in [6, 6.07) is -0.767. The van der Waals surface area contributed by atoms with Crippen LogP contribution in [0.15, 0.2) is 12.7 Å². The van der Waals surface area contributed by atoms with Gasteiger partial charge in [0.25, 0.3) is 0 Å². The third-order valence-corrected chi connectivity index (χ3v) is 1.53. The van der Waals surface area contributed by atoms with Crippen LogP contribution in [-0.4, -0.2) is 31.7 Å². The quantitative estimate of drug-likeness (QED) is 0.483. The van der Waals surface area contributed by atoms with E-state index in [2.05, 4.69) is 11.3 Å². The molecule has 0 rings (SSSR count). The highest BCUT2D eigenvalue weighted by Crippen LogP contribution is 1.98. The minimum absolute atomic E-state index is 0.101. The average Bonchev–Trinajstić information content (AvgIpc) is 2.21. The van der Waals surface area contributed by atoms with Crippen LogP contribution in [0, 0.1) is 0 Å². The lowest BCUT2D eigenvalue weighted by atomic mass is 10.2. The SMILES string of the molecule is C=CCOC(=O)CCC(N)C(=O)OC. The molecule has 1 atom stereocenters. The van der Waals surface area contributed by atoms with Crippen LogP contribution >= 0.6 is 0 Å². The van der Waals surface area contributed by atoms with Gasteiger partial charge in [-0.1, -0.05) is 12.7 Å². The third kappa shape index (κ3) is 5.31. The van der Waals surface area contributed by atoms with Crippen LogP contribution in [0.25, 0.3) is 0 Å². The zero-order chi connectivity index (χ0) is 11.0. The van der Waals surface area contributed by atoms with Gasteiger partial charge in [-0.15, -0.1) is 0 Å². The number of carbonyl (C=O) groups excluding carboxylic acids is 2. The Balaban J connectivity index is 3.65. The van der Waals surface area contributed by atoms with Gasteiger partial charge < -0.3 is 15.2 Å². The smallest absolute Gasteiger partial charge is 0.322 e. The minimum atomic E-state index is -0.767. The van der Waals surface area contributed by atoms with E-state index in [1.165, 1.54) is 13.2 Å². The first-order chi connectivity index (χ1) is 6.61. The molecule has 0 amide bonds. The van der Waals surface area contributed by atoms with Crippen molar-refractivity contribution in [2.24, 2.45) is 5.73 Å². The van der Waals surface area contributed by atoms with Crippen molar-refractivity contribution < 1.29 is 19.1 Å². The van der Waals surface area contributed by atoms with Crippen molar-refractivity contribution in [1.29, 1.82) is 0 Å². The molecule has 0 heterocycles. The molecule has 5 nitrogen and oxygen atoms in total. The van der Waals surface area contributed by atoms with Crippen molar-refractivity contribution in [3.8, 4) is 0 Å². The van der Waals surface area contributed by atoms with E-state index in [-0.39, 0.29) is 19.4 Å². The van der Waals surface area contributed by atoms with Crippen molar-refractivity contribution in [3.63, 3.8) is 0 Å². The second-order valence-corrected chi connectivity index (χ2v) is 2.64. The Kier molecular flexibility index (Phi) is 6.39. The Morgan fingerprint density at radius 2 is 2.21 bits per heavy atom. The first-order valence-electron chi connectivity index (χ1n) is 4.21. The van der Waals surface area contributed by atoms with Crippen molar-refractivity contribution in [1.82, 2.24) is 0 Å². The van der Waals surface area contributed by atoms with Crippen LogP contribution < -0.4 is 5.73 Å². The van der Waals surface area contributed by atoms with Gasteiger partial charge in [-0.2, -0.15) is 0 Å². The topological polar surface area (TPSA) is 78.6 Å². The lowest BCUT2D eigenvalue weighted by Crippen LogP contribution is -2.32. The van der Waals surface area contributed by atoms with Crippen LogP contribution in [0.5, 0.6) is 0 Å². The highest BCUT2D eigenvalue weighted by Gasteiger charge is 2.15. The Labute approximate surface area is 82.9 Å². The second-order valence-electron chi connectivity index (χ2n) is 2.64. The molecule has 14 heavy (non-hydrogen) atoms. The van der Waals surface area contributed by atoms with Crippen LogP contribution in [0.3, 0.4) is 0 Å². The maximum atomic E-state index is 10.9. The maximum Gasteiger partial charge on any atom is 0.322 e. The first-order valence-corrected chi connectivity index (χ1v) is 4.21. The van der Waals surface area contributed by atoms with E-state index < -0.39 is 18.0 Å². The molecule has 5 heteroatoms. The zero-order valence-electron chi connectivity index (χ0n) is 8.19. The summed E-state index contributed by atoms with van der Waals surface area (Å²) >= 11 is 0. The summed E-state index contributed by atoms with van der Waals surface area (Å²) in [5.41, 5.74) is 5.40. The van der Waals surface area contributed by atoms with Crippen molar-refractivity contribution >= 4 is 11.9 Å². The molecular weight excluding hydrogens is 186 g/mol. The summed E-state index contributed by atoms with van der Waals surface area (Å²) in [6.07, 6.45) is 1.80. The van der Waals surface area contributed by atoms with Crippen LogP contribution in [0.2, 0.25) is 0 Å². The molecule has 0 radical (unpaired) electrons. The van der Waals surface area contributed by atoms with Gasteiger partial charge in [0, 0.05) is 6.42 Å². The molecule has 0 aliphatic carbocycles. The van der Waals surface area contributed by atoms with Crippen molar-refractivity contribution in [2.45, 2.75) is 18.9 Å². The molecule has 0 aromatic rings. The van der Waals surface area contributed by atoms with Gasteiger partial charge >= 0.3 is 11.9 Å². The van der Waals surface area contributed by atoms with Gasteiger partial charge in [0.15, 0.2) is 0 Å². The van der Waals surface area contributed by atoms with Gasteiger partial charge in [0.1, 0.15) is 12.6 Å². The lowest BCUT2D eigenvalue weighted by molar-refractivity contribution is -0.144. The molecule has 0 aliphatic rings. The zero-order valence-corrected chi connectivity index (χ0v) is 8.19. The predicted molar refractivity (Wildman–Crippen MR) is 50.4 cm³/mol. The number of ether oxygens (including phenoxy) is 2. The molecular formula is C9H15NO4. The van der Waals surface area contributed by atoms with Gasteiger partial charge in [-0.05, 0) is 6.42 Å². The highest BCUT2D eigenvalue weighted by atomic mass is 16.5. The summed E-state index contributed by atoms with van der Waals surface area (Å²) < 4.78 is 9.08. The Morgan fingerprint density at radius 3 is 2.71 bits per heavy atom. The molecule has 1 unspecified atom stereocenters. The molecule has 0 aromatic carbocycles. The summed E-state index contributed by atoms with van der Waals surface area (Å²) in [6.45, 7) is 3.57. The Morgan fingerprint density at radius 1 is 1.57 bits per heavy atom. The van der Waals surface area contributed by atoms with Crippen LogP contribution in [0.1, 0.15) is 12.8 Å². The monoisotopic (exact) mass is 201 g/mol. The van der Waals surface area contributed by atoms with E-state index in [1.807, 2.05) is 0 Å². The normalized spacial score (nSPS) is 11.6. The predicted octanol–water partition coefficient (Wildman–Crippen LogP) is -0.00390. The Hall–Kier alpha value is -1.36. The molecule has 0 bridgehead atoms. The van der Waals surface area contributed by atoms with E-state index in [0.29, 0.717) is 0 Å². The number of esters is 2. The van der Waals surface area contributed by atoms with Gasteiger partial charge in [-0.3, -0.25) is 9.59 Å². The van der Waals surface area contributed by atoms with Gasteiger partial charge in [0.2, 0.25) is 0 Å². The van der Waals surface area contributed by atoms with E-state index >= 15 is 0 Å². The van der Waals surface area contributed by atoms with Crippen LogP contribution in [-0.2, 0) is 19.1 Å². The number of hydrogen-bond donors (Lipinski definition) is 1. The Bertz CT molecular complexity index is 215. The average molecular weight is 201 g/mol. The number of hydrogen-bond acceptors (Lipinski definition) is 5. The summed E-state index contributed by atoms with van der Waals surface area (Å²) in [5.74, 6) is -0.925. The minimum Gasteiger partial charge on any atom is -0.468 e.